The van der Waals surface area contributed by atoms with E-state index in [0.29, 0.717) is 5.75 Å². The third kappa shape index (κ3) is 6.32. The second kappa shape index (κ2) is 8.51. The van der Waals surface area contributed by atoms with E-state index in [4.69, 9.17) is 10.6 Å². The number of nitrogens with one attached hydrogen (secondary N) is 1. The van der Waals surface area contributed by atoms with Gasteiger partial charge in [-0.05, 0) is 0 Å². The van der Waals surface area contributed by atoms with Gasteiger partial charge < -0.3 is 9.47 Å². The SMILES string of the molecule is COCC(SCCC(=O)OC)C(=O)NN. The Balaban J connectivity index is 3.85. The Morgan fingerprint density at radius 3 is 2.60 bits per heavy atom. The third-order valence-corrected chi connectivity index (χ3v) is 2.80. The average Bonchev–Trinajstić information content (AvgIpc) is 2.26. The van der Waals surface area contributed by atoms with Crippen molar-refractivity contribution >= 4 is 23.6 Å². The smallest absolute Gasteiger partial charge is 0.306 e. The fourth-order valence-corrected chi connectivity index (χ4v) is 1.85. The molecule has 0 aromatic heterocycles. The first-order valence-electron chi connectivity index (χ1n) is 4.33. The Bertz CT molecular complexity index is 213. The van der Waals surface area contributed by atoms with Crippen LogP contribution in [0.2, 0.25) is 0 Å². The van der Waals surface area contributed by atoms with E-state index in [0.717, 1.165) is 0 Å². The van der Waals surface area contributed by atoms with Gasteiger partial charge in [0.05, 0.1) is 20.1 Å². The maximum atomic E-state index is 11.2. The van der Waals surface area contributed by atoms with Crippen molar-refractivity contribution in [1.29, 1.82) is 0 Å². The summed E-state index contributed by atoms with van der Waals surface area (Å²) in [6.45, 7) is 0.259. The van der Waals surface area contributed by atoms with Crippen molar-refractivity contribution in [2.45, 2.75) is 11.7 Å². The van der Waals surface area contributed by atoms with Crippen LogP contribution in [-0.2, 0) is 19.1 Å². The van der Waals surface area contributed by atoms with Crippen molar-refractivity contribution in [3.63, 3.8) is 0 Å². The first-order chi connectivity index (χ1) is 7.15. The van der Waals surface area contributed by atoms with Crippen LogP contribution in [0.15, 0.2) is 0 Å². The minimum Gasteiger partial charge on any atom is -0.469 e. The van der Waals surface area contributed by atoms with Gasteiger partial charge in [-0.3, -0.25) is 15.0 Å². The van der Waals surface area contributed by atoms with Gasteiger partial charge in [-0.15, -0.1) is 11.8 Å². The maximum absolute atomic E-state index is 11.2. The van der Waals surface area contributed by atoms with Crippen molar-refractivity contribution < 1.29 is 19.1 Å². The van der Waals surface area contributed by atoms with E-state index >= 15 is 0 Å². The lowest BCUT2D eigenvalue weighted by atomic mass is 10.4. The van der Waals surface area contributed by atoms with Gasteiger partial charge in [0.1, 0.15) is 5.25 Å². The van der Waals surface area contributed by atoms with Crippen LogP contribution < -0.4 is 11.3 Å². The van der Waals surface area contributed by atoms with Crippen LogP contribution in [0.4, 0.5) is 0 Å². The largest absolute Gasteiger partial charge is 0.469 e. The molecule has 7 heteroatoms. The molecule has 1 amide bonds. The molecule has 15 heavy (non-hydrogen) atoms. The van der Waals surface area contributed by atoms with Gasteiger partial charge >= 0.3 is 5.97 Å². The molecule has 0 saturated carbocycles. The number of ether oxygens (including phenoxy) is 2. The lowest BCUT2D eigenvalue weighted by Gasteiger charge is -2.13. The zero-order valence-corrected chi connectivity index (χ0v) is 9.63. The summed E-state index contributed by atoms with van der Waals surface area (Å²) in [5.41, 5.74) is 2.05. The van der Waals surface area contributed by atoms with E-state index in [-0.39, 0.29) is 24.9 Å². The summed E-state index contributed by atoms with van der Waals surface area (Å²) < 4.78 is 9.33. The van der Waals surface area contributed by atoms with Crippen LogP contribution in [0, 0.1) is 0 Å². The molecule has 0 bridgehead atoms. The standard InChI is InChI=1S/C8H16N2O4S/c1-13-5-6(8(12)10-9)15-4-3-7(11)14-2/h6H,3-5,9H2,1-2H3,(H,10,12). The number of methoxy groups -OCH3 is 2. The predicted molar refractivity (Wildman–Crippen MR) is 57.1 cm³/mol. The highest BCUT2D eigenvalue weighted by molar-refractivity contribution is 8.00. The molecule has 0 fully saturated rings. The van der Waals surface area contributed by atoms with Gasteiger partial charge in [0.2, 0.25) is 5.91 Å². The number of amides is 1. The average molecular weight is 236 g/mol. The molecule has 0 radical (unpaired) electrons. The number of carbonyl (C=O) groups is 2. The summed E-state index contributed by atoms with van der Waals surface area (Å²) in [6, 6.07) is 0. The Hall–Kier alpha value is -0.790. The van der Waals surface area contributed by atoms with E-state index in [2.05, 4.69) is 4.74 Å². The van der Waals surface area contributed by atoms with Gasteiger partial charge in [0, 0.05) is 12.9 Å². The summed E-state index contributed by atoms with van der Waals surface area (Å²) in [5, 5.41) is -0.398. The van der Waals surface area contributed by atoms with Crippen molar-refractivity contribution in [2.75, 3.05) is 26.6 Å². The molecular weight excluding hydrogens is 220 g/mol. The van der Waals surface area contributed by atoms with E-state index in [1.54, 1.807) is 0 Å². The normalized spacial score (nSPS) is 11.9. The predicted octanol–water partition coefficient (Wildman–Crippen LogP) is -0.712. The molecule has 0 heterocycles. The molecule has 1 unspecified atom stereocenters. The Kier molecular flexibility index (Phi) is 8.06. The van der Waals surface area contributed by atoms with Crippen LogP contribution in [0.5, 0.6) is 0 Å². The Morgan fingerprint density at radius 2 is 2.13 bits per heavy atom. The van der Waals surface area contributed by atoms with E-state index < -0.39 is 5.25 Å². The first kappa shape index (κ1) is 14.2. The minimum absolute atomic E-state index is 0.259. The molecule has 0 saturated heterocycles. The molecule has 0 aromatic rings. The van der Waals surface area contributed by atoms with Gasteiger partial charge in [0.15, 0.2) is 0 Å². The molecular formula is C8H16N2O4S. The lowest BCUT2D eigenvalue weighted by Crippen LogP contribution is -2.39. The Labute approximate surface area is 92.8 Å². The monoisotopic (exact) mass is 236 g/mol. The number of hydrogen-bond donors (Lipinski definition) is 2. The minimum atomic E-state index is -0.398. The van der Waals surface area contributed by atoms with Gasteiger partial charge in [-0.2, -0.15) is 0 Å². The number of carbonyl (C=O) groups excluding carboxylic acids is 2. The summed E-state index contributed by atoms with van der Waals surface area (Å²) in [5.74, 6) is 4.88. The zero-order valence-electron chi connectivity index (χ0n) is 8.82. The third-order valence-electron chi connectivity index (χ3n) is 1.61. The van der Waals surface area contributed by atoms with Gasteiger partial charge in [0.25, 0.3) is 0 Å². The molecule has 6 nitrogen and oxygen atoms in total. The highest BCUT2D eigenvalue weighted by Crippen LogP contribution is 2.13. The molecule has 0 rings (SSSR count). The second-order valence-corrected chi connectivity index (χ2v) is 3.96. The highest BCUT2D eigenvalue weighted by atomic mass is 32.2. The fourth-order valence-electron chi connectivity index (χ4n) is 0.830. The number of thioether (sulfide) groups is 1. The van der Waals surface area contributed by atoms with Crippen LogP contribution in [-0.4, -0.2) is 43.7 Å². The molecule has 0 aliphatic carbocycles. The molecule has 1 atom stereocenters. The van der Waals surface area contributed by atoms with Crippen molar-refractivity contribution in [3.8, 4) is 0 Å². The van der Waals surface area contributed by atoms with E-state index in [1.807, 2.05) is 5.43 Å². The number of nitrogens with two attached hydrogens (primary N) is 1. The molecule has 0 aliphatic rings. The van der Waals surface area contributed by atoms with E-state index in [1.165, 1.54) is 26.0 Å². The number of rotatable bonds is 7. The quantitative estimate of drug-likeness (QED) is 0.262. The van der Waals surface area contributed by atoms with Crippen LogP contribution in [0.1, 0.15) is 6.42 Å². The van der Waals surface area contributed by atoms with Gasteiger partial charge in [-0.1, -0.05) is 0 Å². The lowest BCUT2D eigenvalue weighted by molar-refractivity contribution is -0.140. The summed E-state index contributed by atoms with van der Waals surface area (Å²) >= 11 is 1.30. The second-order valence-electron chi connectivity index (χ2n) is 2.65. The topological polar surface area (TPSA) is 90.6 Å². The van der Waals surface area contributed by atoms with E-state index in [9.17, 15) is 9.59 Å². The molecule has 0 spiro atoms. The van der Waals surface area contributed by atoms with Gasteiger partial charge in [-0.25, -0.2) is 5.84 Å². The summed E-state index contributed by atoms with van der Waals surface area (Å²) in [4.78, 5) is 22.0. The van der Waals surface area contributed by atoms with Crippen molar-refractivity contribution in [1.82, 2.24) is 5.43 Å². The maximum Gasteiger partial charge on any atom is 0.306 e. The molecule has 88 valence electrons. The first-order valence-corrected chi connectivity index (χ1v) is 5.38. The van der Waals surface area contributed by atoms with Crippen molar-refractivity contribution in [3.05, 3.63) is 0 Å². The summed E-state index contributed by atoms with van der Waals surface area (Å²) in [7, 11) is 2.82. The number of hydrazine groups is 1. The molecule has 3 N–H and O–H groups in total. The molecule has 0 aromatic carbocycles. The van der Waals surface area contributed by atoms with Crippen LogP contribution in [0.25, 0.3) is 0 Å². The Morgan fingerprint density at radius 1 is 1.47 bits per heavy atom. The fraction of sp³-hybridized carbons (Fsp3) is 0.750. The van der Waals surface area contributed by atoms with Crippen LogP contribution in [0.3, 0.4) is 0 Å². The highest BCUT2D eigenvalue weighted by Gasteiger charge is 2.18. The zero-order chi connectivity index (χ0) is 11.7. The molecule has 0 aliphatic heterocycles. The summed E-state index contributed by atoms with van der Waals surface area (Å²) in [6.07, 6.45) is 0.263. The van der Waals surface area contributed by atoms with Crippen LogP contribution >= 0.6 is 11.8 Å². The number of hydrogen-bond acceptors (Lipinski definition) is 6. The number of esters is 1. The van der Waals surface area contributed by atoms with Crippen molar-refractivity contribution in [2.24, 2.45) is 5.84 Å².